The van der Waals surface area contributed by atoms with Crippen LogP contribution in [0.4, 0.5) is 0 Å². The first-order valence-corrected chi connectivity index (χ1v) is 6.22. The van der Waals surface area contributed by atoms with E-state index >= 15 is 0 Å². The van der Waals surface area contributed by atoms with Crippen molar-refractivity contribution in [3.8, 4) is 11.5 Å². The zero-order valence-corrected chi connectivity index (χ0v) is 10.9. The maximum Gasteiger partial charge on any atom is 0.123 e. The van der Waals surface area contributed by atoms with Crippen LogP contribution in [-0.4, -0.2) is 25.4 Å². The summed E-state index contributed by atoms with van der Waals surface area (Å²) in [4.78, 5) is 0. The van der Waals surface area contributed by atoms with Gasteiger partial charge in [-0.25, -0.2) is 0 Å². The third kappa shape index (κ3) is 4.03. The van der Waals surface area contributed by atoms with Crippen LogP contribution in [0.15, 0.2) is 47.1 Å². The molecule has 0 amide bonds. The zero-order chi connectivity index (χ0) is 13.5. The van der Waals surface area contributed by atoms with Crippen LogP contribution in [0, 0.1) is 5.92 Å². The predicted octanol–water partition coefficient (Wildman–Crippen LogP) is 2.52. The van der Waals surface area contributed by atoms with Crippen LogP contribution in [0.1, 0.15) is 5.76 Å². The summed E-state index contributed by atoms with van der Waals surface area (Å²) in [5.74, 6) is 2.35. The molecule has 0 aliphatic rings. The maximum atomic E-state index is 9.36. The average molecular weight is 262 g/mol. The Labute approximate surface area is 112 Å². The summed E-state index contributed by atoms with van der Waals surface area (Å²) in [5, 5.41) is 9.36. The highest BCUT2D eigenvalue weighted by Crippen LogP contribution is 2.20. The number of aliphatic hydroxyl groups is 1. The zero-order valence-electron chi connectivity index (χ0n) is 10.9. The van der Waals surface area contributed by atoms with Crippen LogP contribution < -0.4 is 9.47 Å². The molecule has 1 N–H and O–H groups in total. The summed E-state index contributed by atoms with van der Waals surface area (Å²) in [6.07, 6.45) is 2.29. The quantitative estimate of drug-likeness (QED) is 0.833. The van der Waals surface area contributed by atoms with Gasteiger partial charge in [-0.15, -0.1) is 0 Å². The number of benzene rings is 1. The number of methoxy groups -OCH3 is 1. The first-order chi connectivity index (χ1) is 9.31. The van der Waals surface area contributed by atoms with E-state index in [0.29, 0.717) is 13.0 Å². The van der Waals surface area contributed by atoms with Gasteiger partial charge in [0.25, 0.3) is 0 Å². The normalized spacial score (nSPS) is 12.1. The number of hydrogen-bond acceptors (Lipinski definition) is 4. The molecule has 1 unspecified atom stereocenters. The van der Waals surface area contributed by atoms with Gasteiger partial charge in [-0.1, -0.05) is 6.07 Å². The molecular formula is C15H18O4. The fraction of sp³-hybridized carbons (Fsp3) is 0.333. The lowest BCUT2D eigenvalue weighted by atomic mass is 10.1. The highest BCUT2D eigenvalue weighted by molar-refractivity contribution is 5.32. The number of ether oxygens (including phenoxy) is 2. The lowest BCUT2D eigenvalue weighted by Crippen LogP contribution is -2.18. The Morgan fingerprint density at radius 3 is 2.74 bits per heavy atom. The van der Waals surface area contributed by atoms with Crippen LogP contribution >= 0.6 is 0 Å². The van der Waals surface area contributed by atoms with Gasteiger partial charge in [0.2, 0.25) is 0 Å². The largest absolute Gasteiger partial charge is 0.497 e. The minimum Gasteiger partial charge on any atom is -0.497 e. The average Bonchev–Trinajstić information content (AvgIpc) is 2.96. The molecule has 4 nitrogen and oxygen atoms in total. The van der Waals surface area contributed by atoms with Gasteiger partial charge in [0.1, 0.15) is 17.3 Å². The molecule has 0 fully saturated rings. The molecule has 2 rings (SSSR count). The molecule has 0 aliphatic carbocycles. The van der Waals surface area contributed by atoms with E-state index in [-0.39, 0.29) is 12.5 Å². The van der Waals surface area contributed by atoms with E-state index in [9.17, 15) is 5.11 Å². The van der Waals surface area contributed by atoms with Gasteiger partial charge in [-0.2, -0.15) is 0 Å². The molecule has 19 heavy (non-hydrogen) atoms. The van der Waals surface area contributed by atoms with E-state index in [1.807, 2.05) is 36.4 Å². The number of furan rings is 1. The topological polar surface area (TPSA) is 51.8 Å². The second-order valence-corrected chi connectivity index (χ2v) is 4.32. The van der Waals surface area contributed by atoms with Crippen molar-refractivity contribution in [2.75, 3.05) is 20.3 Å². The van der Waals surface area contributed by atoms with Crippen molar-refractivity contribution in [2.45, 2.75) is 6.42 Å². The second kappa shape index (κ2) is 6.85. The van der Waals surface area contributed by atoms with E-state index in [1.54, 1.807) is 13.4 Å². The molecule has 0 radical (unpaired) electrons. The minimum atomic E-state index is 0.0114. The van der Waals surface area contributed by atoms with Crippen molar-refractivity contribution in [3.63, 3.8) is 0 Å². The molecular weight excluding hydrogens is 244 g/mol. The molecule has 1 aromatic carbocycles. The highest BCUT2D eigenvalue weighted by atomic mass is 16.5. The summed E-state index contributed by atoms with van der Waals surface area (Å²) in [6.45, 7) is 0.495. The summed E-state index contributed by atoms with van der Waals surface area (Å²) >= 11 is 0. The lowest BCUT2D eigenvalue weighted by molar-refractivity contribution is 0.157. The Balaban J connectivity index is 1.88. The fourth-order valence-electron chi connectivity index (χ4n) is 1.79. The van der Waals surface area contributed by atoms with E-state index in [1.165, 1.54) is 0 Å². The van der Waals surface area contributed by atoms with E-state index in [0.717, 1.165) is 17.3 Å². The molecule has 0 spiro atoms. The predicted molar refractivity (Wildman–Crippen MR) is 71.5 cm³/mol. The molecule has 102 valence electrons. The Hall–Kier alpha value is -1.94. The first kappa shape index (κ1) is 13.5. The number of hydrogen-bond donors (Lipinski definition) is 1. The van der Waals surface area contributed by atoms with E-state index < -0.39 is 0 Å². The van der Waals surface area contributed by atoms with E-state index in [4.69, 9.17) is 13.9 Å². The molecule has 2 aromatic rings. The Morgan fingerprint density at radius 2 is 2.05 bits per heavy atom. The van der Waals surface area contributed by atoms with Crippen LogP contribution in [0.2, 0.25) is 0 Å². The van der Waals surface area contributed by atoms with Crippen molar-refractivity contribution >= 4 is 0 Å². The van der Waals surface area contributed by atoms with Crippen molar-refractivity contribution in [3.05, 3.63) is 48.4 Å². The molecule has 0 saturated carbocycles. The molecule has 0 aliphatic heterocycles. The second-order valence-electron chi connectivity index (χ2n) is 4.32. The summed E-state index contributed by atoms with van der Waals surface area (Å²) < 4.78 is 16.1. The van der Waals surface area contributed by atoms with Crippen LogP contribution in [-0.2, 0) is 6.42 Å². The van der Waals surface area contributed by atoms with Gasteiger partial charge >= 0.3 is 0 Å². The SMILES string of the molecule is COc1cccc(OCC(CO)Cc2ccco2)c1. The monoisotopic (exact) mass is 262 g/mol. The van der Waals surface area contributed by atoms with Gasteiger partial charge < -0.3 is 19.0 Å². The van der Waals surface area contributed by atoms with Crippen molar-refractivity contribution in [2.24, 2.45) is 5.92 Å². The van der Waals surface area contributed by atoms with Crippen LogP contribution in [0.3, 0.4) is 0 Å². The third-order valence-corrected chi connectivity index (χ3v) is 2.86. The van der Waals surface area contributed by atoms with Crippen LogP contribution in [0.25, 0.3) is 0 Å². The van der Waals surface area contributed by atoms with Gasteiger partial charge in [-0.05, 0) is 24.3 Å². The van der Waals surface area contributed by atoms with Crippen LogP contribution in [0.5, 0.6) is 11.5 Å². The van der Waals surface area contributed by atoms with Crippen molar-refractivity contribution < 1.29 is 19.0 Å². The highest BCUT2D eigenvalue weighted by Gasteiger charge is 2.11. The Bertz CT molecular complexity index is 479. The first-order valence-electron chi connectivity index (χ1n) is 6.22. The standard InChI is InChI=1S/C15H18O4/c1-17-13-4-2-5-15(9-13)19-11-12(10-16)8-14-6-3-7-18-14/h2-7,9,12,16H,8,10-11H2,1H3. The van der Waals surface area contributed by atoms with Crippen molar-refractivity contribution in [1.82, 2.24) is 0 Å². The van der Waals surface area contributed by atoms with Gasteiger partial charge in [0.05, 0.1) is 20.0 Å². The number of rotatable bonds is 7. The number of aliphatic hydroxyl groups excluding tert-OH is 1. The molecule has 1 heterocycles. The summed E-state index contributed by atoms with van der Waals surface area (Å²) in [5.41, 5.74) is 0. The van der Waals surface area contributed by atoms with Gasteiger partial charge in [-0.3, -0.25) is 0 Å². The molecule has 1 atom stereocenters. The van der Waals surface area contributed by atoms with Gasteiger partial charge in [0, 0.05) is 25.0 Å². The smallest absolute Gasteiger partial charge is 0.123 e. The fourth-order valence-corrected chi connectivity index (χ4v) is 1.79. The minimum absolute atomic E-state index is 0.0114. The molecule has 4 heteroatoms. The molecule has 0 saturated heterocycles. The Kier molecular flexibility index (Phi) is 4.86. The molecule has 0 bridgehead atoms. The molecule has 1 aromatic heterocycles. The Morgan fingerprint density at radius 1 is 1.21 bits per heavy atom. The van der Waals surface area contributed by atoms with Gasteiger partial charge in [0.15, 0.2) is 0 Å². The summed E-state index contributed by atoms with van der Waals surface area (Å²) in [6, 6.07) is 11.2. The third-order valence-electron chi connectivity index (χ3n) is 2.86. The van der Waals surface area contributed by atoms with Crippen molar-refractivity contribution in [1.29, 1.82) is 0 Å². The lowest BCUT2D eigenvalue weighted by Gasteiger charge is -2.14. The summed E-state index contributed by atoms with van der Waals surface area (Å²) in [7, 11) is 1.62. The maximum absolute atomic E-state index is 9.36. The van der Waals surface area contributed by atoms with E-state index in [2.05, 4.69) is 0 Å².